The summed E-state index contributed by atoms with van der Waals surface area (Å²) < 4.78 is 0.955. The van der Waals surface area contributed by atoms with E-state index in [0.29, 0.717) is 11.4 Å². The summed E-state index contributed by atoms with van der Waals surface area (Å²) in [7, 11) is 0. The van der Waals surface area contributed by atoms with E-state index in [1.54, 1.807) is 6.07 Å². The summed E-state index contributed by atoms with van der Waals surface area (Å²) >= 11 is 10.4. The summed E-state index contributed by atoms with van der Waals surface area (Å²) in [4.78, 5) is 12.1. The molecule has 0 saturated carbocycles. The molecule has 5 heteroatoms. The van der Waals surface area contributed by atoms with Crippen molar-refractivity contribution in [3.05, 3.63) is 20.8 Å². The lowest BCUT2D eigenvalue weighted by molar-refractivity contribution is 0.0958. The highest BCUT2D eigenvalue weighted by molar-refractivity contribution is 9.11. The average molecular weight is 283 g/mol. The lowest BCUT2D eigenvalue weighted by Gasteiger charge is -2.03. The maximum absolute atomic E-state index is 11.4. The Balaban J connectivity index is 2.49. The Morgan fingerprint density at radius 3 is 2.92 bits per heavy atom. The minimum atomic E-state index is -0.0665. The van der Waals surface area contributed by atoms with E-state index >= 15 is 0 Å². The van der Waals surface area contributed by atoms with E-state index in [1.807, 2.05) is 13.0 Å². The van der Waals surface area contributed by atoms with Crippen molar-refractivity contribution in [2.45, 2.75) is 12.3 Å². The predicted molar refractivity (Wildman–Crippen MR) is 59.7 cm³/mol. The fraction of sp³-hybridized carbons (Fsp3) is 0.375. The standard InChI is InChI=1S/C8H9BrClNOS/c1-5(10)4-11-8(12)6-2-3-7(9)13-6/h2-3,5H,4H2,1H3,(H,11,12). The van der Waals surface area contributed by atoms with E-state index in [2.05, 4.69) is 21.2 Å². The number of rotatable bonds is 3. The van der Waals surface area contributed by atoms with Crippen LogP contribution >= 0.6 is 38.9 Å². The summed E-state index contributed by atoms with van der Waals surface area (Å²) in [5, 5.41) is 2.70. The second-order valence-electron chi connectivity index (χ2n) is 2.59. The molecule has 1 N–H and O–H groups in total. The van der Waals surface area contributed by atoms with Gasteiger partial charge < -0.3 is 5.32 Å². The van der Waals surface area contributed by atoms with E-state index in [-0.39, 0.29) is 11.3 Å². The summed E-state index contributed by atoms with van der Waals surface area (Å²) in [6.07, 6.45) is 0. The monoisotopic (exact) mass is 281 g/mol. The number of thiophene rings is 1. The van der Waals surface area contributed by atoms with Crippen LogP contribution in [0.2, 0.25) is 0 Å². The molecule has 0 fully saturated rings. The normalized spacial score (nSPS) is 12.5. The van der Waals surface area contributed by atoms with Crippen LogP contribution in [0.1, 0.15) is 16.6 Å². The first kappa shape index (κ1) is 11.0. The molecular formula is C8H9BrClNOS. The molecule has 0 saturated heterocycles. The van der Waals surface area contributed by atoms with Crippen molar-refractivity contribution in [1.29, 1.82) is 0 Å². The average Bonchev–Trinajstić information content (AvgIpc) is 2.47. The number of carbonyl (C=O) groups excluding carboxylic acids is 1. The molecule has 0 aliphatic rings. The zero-order valence-corrected chi connectivity index (χ0v) is 10.2. The molecule has 0 spiro atoms. The number of nitrogens with one attached hydrogen (secondary N) is 1. The number of amides is 1. The van der Waals surface area contributed by atoms with Crippen molar-refractivity contribution in [3.63, 3.8) is 0 Å². The van der Waals surface area contributed by atoms with Crippen LogP contribution in [0.4, 0.5) is 0 Å². The van der Waals surface area contributed by atoms with Gasteiger partial charge in [-0.1, -0.05) is 0 Å². The van der Waals surface area contributed by atoms with Gasteiger partial charge in [0.2, 0.25) is 0 Å². The number of hydrogen-bond acceptors (Lipinski definition) is 2. The largest absolute Gasteiger partial charge is 0.350 e. The van der Waals surface area contributed by atoms with Gasteiger partial charge in [-0.05, 0) is 35.0 Å². The summed E-state index contributed by atoms with van der Waals surface area (Å²) in [6, 6.07) is 3.63. The maximum Gasteiger partial charge on any atom is 0.261 e. The third-order valence-corrected chi connectivity index (χ3v) is 3.12. The van der Waals surface area contributed by atoms with Gasteiger partial charge in [-0.3, -0.25) is 4.79 Å². The van der Waals surface area contributed by atoms with E-state index in [1.165, 1.54) is 11.3 Å². The number of carbonyl (C=O) groups is 1. The summed E-state index contributed by atoms with van der Waals surface area (Å²) in [6.45, 7) is 2.34. The number of alkyl halides is 1. The topological polar surface area (TPSA) is 29.1 Å². The Hall–Kier alpha value is -0.0600. The molecule has 1 aromatic heterocycles. The molecule has 0 aliphatic carbocycles. The molecule has 13 heavy (non-hydrogen) atoms. The highest BCUT2D eigenvalue weighted by Crippen LogP contribution is 2.21. The molecule has 0 bridgehead atoms. The van der Waals surface area contributed by atoms with Crippen molar-refractivity contribution in [2.75, 3.05) is 6.54 Å². The van der Waals surface area contributed by atoms with Crippen LogP contribution in [0.3, 0.4) is 0 Å². The zero-order valence-electron chi connectivity index (χ0n) is 7.01. The van der Waals surface area contributed by atoms with Crippen LogP contribution in [0, 0.1) is 0 Å². The molecule has 1 rings (SSSR count). The van der Waals surface area contributed by atoms with E-state index in [9.17, 15) is 4.79 Å². The third-order valence-electron chi connectivity index (χ3n) is 1.34. The first-order chi connectivity index (χ1) is 6.09. The van der Waals surface area contributed by atoms with Crippen molar-refractivity contribution in [3.8, 4) is 0 Å². The van der Waals surface area contributed by atoms with Crippen molar-refractivity contribution in [2.24, 2.45) is 0 Å². The Bertz CT molecular complexity index is 300. The number of halogens is 2. The minimum Gasteiger partial charge on any atom is -0.350 e. The Morgan fingerprint density at radius 1 is 1.77 bits per heavy atom. The van der Waals surface area contributed by atoms with Crippen LogP contribution in [0.25, 0.3) is 0 Å². The van der Waals surface area contributed by atoms with Crippen LogP contribution in [-0.2, 0) is 0 Å². The van der Waals surface area contributed by atoms with Crippen LogP contribution in [0.15, 0.2) is 15.9 Å². The van der Waals surface area contributed by atoms with Gasteiger partial charge >= 0.3 is 0 Å². The highest BCUT2D eigenvalue weighted by atomic mass is 79.9. The molecule has 1 atom stereocenters. The molecular weight excluding hydrogens is 274 g/mol. The first-order valence-corrected chi connectivity index (χ1v) is 5.82. The van der Waals surface area contributed by atoms with Gasteiger partial charge in [-0.15, -0.1) is 22.9 Å². The van der Waals surface area contributed by atoms with Gasteiger partial charge in [0.05, 0.1) is 8.66 Å². The lowest BCUT2D eigenvalue weighted by atomic mass is 10.4. The number of hydrogen-bond donors (Lipinski definition) is 1. The quantitative estimate of drug-likeness (QED) is 0.849. The first-order valence-electron chi connectivity index (χ1n) is 3.77. The van der Waals surface area contributed by atoms with Crippen LogP contribution in [-0.4, -0.2) is 17.8 Å². The molecule has 0 radical (unpaired) electrons. The van der Waals surface area contributed by atoms with Gasteiger partial charge in [0.15, 0.2) is 0 Å². The zero-order chi connectivity index (χ0) is 9.84. The fourth-order valence-corrected chi connectivity index (χ4v) is 2.14. The van der Waals surface area contributed by atoms with E-state index in [4.69, 9.17) is 11.6 Å². The molecule has 0 aliphatic heterocycles. The Kier molecular flexibility index (Phi) is 4.22. The van der Waals surface area contributed by atoms with Crippen molar-refractivity contribution >= 4 is 44.8 Å². The van der Waals surface area contributed by atoms with Gasteiger partial charge in [-0.2, -0.15) is 0 Å². The van der Waals surface area contributed by atoms with E-state index in [0.717, 1.165) is 3.79 Å². The highest BCUT2D eigenvalue weighted by Gasteiger charge is 2.08. The van der Waals surface area contributed by atoms with E-state index < -0.39 is 0 Å². The SMILES string of the molecule is CC(Cl)CNC(=O)c1ccc(Br)s1. The molecule has 1 amide bonds. The molecule has 2 nitrogen and oxygen atoms in total. The molecule has 1 heterocycles. The second-order valence-corrected chi connectivity index (χ2v) is 5.80. The smallest absolute Gasteiger partial charge is 0.261 e. The van der Waals surface area contributed by atoms with Gasteiger partial charge in [-0.25, -0.2) is 0 Å². The predicted octanol–water partition coefficient (Wildman–Crippen LogP) is 2.87. The van der Waals surface area contributed by atoms with Crippen molar-refractivity contribution < 1.29 is 4.79 Å². The molecule has 1 aromatic rings. The third kappa shape index (κ3) is 3.67. The van der Waals surface area contributed by atoms with Gasteiger partial charge in [0.25, 0.3) is 5.91 Å². The van der Waals surface area contributed by atoms with Gasteiger partial charge in [0, 0.05) is 11.9 Å². The fourth-order valence-electron chi connectivity index (χ4n) is 0.757. The Morgan fingerprint density at radius 2 is 2.46 bits per heavy atom. The maximum atomic E-state index is 11.4. The second kappa shape index (κ2) is 4.98. The Labute approximate surface area is 94.4 Å². The van der Waals surface area contributed by atoms with Crippen LogP contribution < -0.4 is 5.32 Å². The molecule has 72 valence electrons. The van der Waals surface area contributed by atoms with Gasteiger partial charge in [0.1, 0.15) is 0 Å². The lowest BCUT2D eigenvalue weighted by Crippen LogP contribution is -2.27. The molecule has 0 aromatic carbocycles. The summed E-state index contributed by atoms with van der Waals surface area (Å²) in [5.74, 6) is -0.0665. The van der Waals surface area contributed by atoms with Crippen LogP contribution in [0.5, 0.6) is 0 Å². The molecule has 1 unspecified atom stereocenters. The van der Waals surface area contributed by atoms with Crippen molar-refractivity contribution in [1.82, 2.24) is 5.32 Å². The summed E-state index contributed by atoms with van der Waals surface area (Å²) in [5.41, 5.74) is 0. The minimum absolute atomic E-state index is 0.0349.